The monoisotopic (exact) mass is 418 g/mol. The van der Waals surface area contributed by atoms with Gasteiger partial charge in [0.2, 0.25) is 0 Å². The summed E-state index contributed by atoms with van der Waals surface area (Å²) in [5.74, 6) is 4.93. The first-order valence-corrected chi connectivity index (χ1v) is 10.9. The Morgan fingerprint density at radius 3 is 2.42 bits per heavy atom. The minimum atomic E-state index is -0.876. The average Bonchev–Trinajstić information content (AvgIpc) is 2.79. The van der Waals surface area contributed by atoms with Gasteiger partial charge >= 0.3 is 0 Å². The molecule has 4 rings (SSSR count). The van der Waals surface area contributed by atoms with Crippen molar-refractivity contribution in [2.24, 2.45) is 5.92 Å². The van der Waals surface area contributed by atoms with Gasteiger partial charge in [0.05, 0.1) is 5.56 Å². The van der Waals surface area contributed by atoms with Gasteiger partial charge in [-0.25, -0.2) is 13.2 Å². The molecule has 158 valence electrons. The van der Waals surface area contributed by atoms with E-state index in [2.05, 4.69) is 18.4 Å². The molecule has 0 N–H and O–H groups in total. The highest BCUT2D eigenvalue weighted by atomic mass is 19.2. The summed E-state index contributed by atoms with van der Waals surface area (Å²) in [5, 5.41) is 0.769. The predicted molar refractivity (Wildman–Crippen MR) is 120 cm³/mol. The van der Waals surface area contributed by atoms with Gasteiger partial charge in [0.1, 0.15) is 5.82 Å². The fourth-order valence-corrected chi connectivity index (χ4v) is 4.51. The number of rotatable bonds is 4. The number of fused-ring (bicyclic) bond motifs is 1. The van der Waals surface area contributed by atoms with Crippen molar-refractivity contribution >= 4 is 10.8 Å². The highest BCUT2D eigenvalue weighted by Gasteiger charge is 2.22. The summed E-state index contributed by atoms with van der Waals surface area (Å²) in [5.41, 5.74) is 2.02. The average molecular weight is 419 g/mol. The highest BCUT2D eigenvalue weighted by molar-refractivity contribution is 5.84. The molecule has 0 aromatic heterocycles. The molecule has 1 fully saturated rings. The fourth-order valence-electron chi connectivity index (χ4n) is 4.51. The van der Waals surface area contributed by atoms with E-state index in [0.717, 1.165) is 36.8 Å². The number of hydrogen-bond donors (Lipinski definition) is 0. The lowest BCUT2D eigenvalue weighted by Crippen LogP contribution is -2.13. The van der Waals surface area contributed by atoms with Crippen LogP contribution in [0.15, 0.2) is 61.2 Å². The SMILES string of the molecule is C=CCCC1CCC(c2ccc(C#Cc3ccc4c(F)c(F)ccc4c3)c(F)c2)CC1. The van der Waals surface area contributed by atoms with Crippen LogP contribution in [0.5, 0.6) is 0 Å². The molecule has 1 saturated carbocycles. The van der Waals surface area contributed by atoms with Gasteiger partial charge < -0.3 is 0 Å². The first kappa shape index (κ1) is 21.2. The third-order valence-electron chi connectivity index (χ3n) is 6.34. The van der Waals surface area contributed by atoms with Gasteiger partial charge in [-0.2, -0.15) is 0 Å². The normalized spacial score (nSPS) is 18.4. The molecule has 31 heavy (non-hydrogen) atoms. The van der Waals surface area contributed by atoms with E-state index in [1.165, 1.54) is 31.4 Å². The molecule has 0 nitrogen and oxygen atoms in total. The third kappa shape index (κ3) is 4.85. The van der Waals surface area contributed by atoms with Gasteiger partial charge in [-0.1, -0.05) is 36.1 Å². The molecule has 3 heteroatoms. The van der Waals surface area contributed by atoms with Crippen LogP contribution < -0.4 is 0 Å². The molecule has 0 radical (unpaired) electrons. The Morgan fingerprint density at radius 1 is 0.871 bits per heavy atom. The molecular formula is C28H25F3. The Kier molecular flexibility index (Phi) is 6.47. The molecule has 0 heterocycles. The maximum Gasteiger partial charge on any atom is 0.166 e. The van der Waals surface area contributed by atoms with Crippen molar-refractivity contribution in [2.75, 3.05) is 0 Å². The van der Waals surface area contributed by atoms with Crippen molar-refractivity contribution in [3.63, 3.8) is 0 Å². The maximum absolute atomic E-state index is 14.7. The van der Waals surface area contributed by atoms with Crippen LogP contribution >= 0.6 is 0 Å². The zero-order valence-electron chi connectivity index (χ0n) is 17.4. The van der Waals surface area contributed by atoms with Crippen LogP contribution in [0.3, 0.4) is 0 Å². The second kappa shape index (κ2) is 9.43. The van der Waals surface area contributed by atoms with E-state index in [4.69, 9.17) is 0 Å². The van der Waals surface area contributed by atoms with Gasteiger partial charge in [-0.3, -0.25) is 0 Å². The van der Waals surface area contributed by atoms with Crippen LogP contribution in [0.25, 0.3) is 10.8 Å². The van der Waals surface area contributed by atoms with Crippen LogP contribution in [0.4, 0.5) is 13.2 Å². The quantitative estimate of drug-likeness (QED) is 0.298. The smallest absolute Gasteiger partial charge is 0.166 e. The lowest BCUT2D eigenvalue weighted by molar-refractivity contribution is 0.311. The number of hydrogen-bond acceptors (Lipinski definition) is 0. The van der Waals surface area contributed by atoms with Crippen molar-refractivity contribution in [1.82, 2.24) is 0 Å². The molecule has 1 aliphatic rings. The minimum absolute atomic E-state index is 0.209. The van der Waals surface area contributed by atoms with Crippen LogP contribution in [0.2, 0.25) is 0 Å². The Morgan fingerprint density at radius 2 is 1.68 bits per heavy atom. The van der Waals surface area contributed by atoms with Crippen molar-refractivity contribution in [2.45, 2.75) is 44.4 Å². The number of benzene rings is 3. The first-order chi connectivity index (χ1) is 15.0. The zero-order valence-corrected chi connectivity index (χ0v) is 17.4. The predicted octanol–water partition coefficient (Wildman–Crippen LogP) is 7.90. The Hall–Kier alpha value is -2.99. The summed E-state index contributed by atoms with van der Waals surface area (Å²) in [7, 11) is 0. The van der Waals surface area contributed by atoms with Gasteiger partial charge in [0, 0.05) is 10.9 Å². The molecule has 0 bridgehead atoms. The number of halogens is 3. The van der Waals surface area contributed by atoms with Gasteiger partial charge in [-0.05, 0) is 91.6 Å². The van der Waals surface area contributed by atoms with Crippen molar-refractivity contribution < 1.29 is 13.2 Å². The topological polar surface area (TPSA) is 0 Å². The van der Waals surface area contributed by atoms with Crippen molar-refractivity contribution in [1.29, 1.82) is 0 Å². The summed E-state index contributed by atoms with van der Waals surface area (Å²) < 4.78 is 41.9. The second-order valence-electron chi connectivity index (χ2n) is 8.37. The highest BCUT2D eigenvalue weighted by Crippen LogP contribution is 2.37. The molecule has 1 aliphatic carbocycles. The van der Waals surface area contributed by atoms with E-state index in [9.17, 15) is 13.2 Å². The molecule has 0 atom stereocenters. The van der Waals surface area contributed by atoms with E-state index in [0.29, 0.717) is 22.4 Å². The van der Waals surface area contributed by atoms with Crippen molar-refractivity contribution in [3.8, 4) is 11.8 Å². The van der Waals surface area contributed by atoms with E-state index < -0.39 is 11.6 Å². The summed E-state index contributed by atoms with van der Waals surface area (Å²) in [6, 6.07) is 12.8. The van der Waals surface area contributed by atoms with E-state index in [-0.39, 0.29) is 11.2 Å². The zero-order chi connectivity index (χ0) is 21.8. The summed E-state index contributed by atoms with van der Waals surface area (Å²) >= 11 is 0. The summed E-state index contributed by atoms with van der Waals surface area (Å²) in [6.07, 6.45) is 8.83. The number of allylic oxidation sites excluding steroid dienone is 1. The fraction of sp³-hybridized carbons (Fsp3) is 0.286. The minimum Gasteiger partial charge on any atom is -0.206 e. The second-order valence-corrected chi connectivity index (χ2v) is 8.37. The molecule has 0 saturated heterocycles. The Bertz CT molecular complexity index is 1160. The molecule has 3 aromatic rings. The molecule has 3 aromatic carbocycles. The van der Waals surface area contributed by atoms with Gasteiger partial charge in [-0.15, -0.1) is 6.58 Å². The van der Waals surface area contributed by atoms with Crippen LogP contribution in [0, 0.1) is 35.2 Å². The first-order valence-electron chi connectivity index (χ1n) is 10.9. The van der Waals surface area contributed by atoms with E-state index >= 15 is 0 Å². The van der Waals surface area contributed by atoms with E-state index in [1.807, 2.05) is 12.1 Å². The lowest BCUT2D eigenvalue weighted by atomic mass is 9.77. The molecule has 0 unspecified atom stereocenters. The Balaban J connectivity index is 1.47. The lowest BCUT2D eigenvalue weighted by Gasteiger charge is -2.28. The Labute approximate surface area is 181 Å². The van der Waals surface area contributed by atoms with Crippen LogP contribution in [0.1, 0.15) is 61.1 Å². The standard InChI is InChI=1S/C28H25F3/c1-2-3-4-19-5-9-21(10-6-19)23-13-12-22(27(30)18-23)11-7-20-8-15-25-24(17-20)14-16-26(29)28(25)31/h2,8,12-19,21H,1,3-6,9-10H2. The molecular weight excluding hydrogens is 393 g/mol. The van der Waals surface area contributed by atoms with Gasteiger partial charge in [0.15, 0.2) is 11.6 Å². The maximum atomic E-state index is 14.7. The molecule has 0 spiro atoms. The van der Waals surface area contributed by atoms with Crippen LogP contribution in [-0.4, -0.2) is 0 Å². The van der Waals surface area contributed by atoms with Crippen molar-refractivity contribution in [3.05, 3.63) is 95.3 Å². The summed E-state index contributed by atoms with van der Waals surface area (Å²) in [4.78, 5) is 0. The largest absolute Gasteiger partial charge is 0.206 e. The molecule has 0 aliphatic heterocycles. The molecule has 0 amide bonds. The summed E-state index contributed by atoms with van der Waals surface area (Å²) in [6.45, 7) is 3.80. The third-order valence-corrected chi connectivity index (χ3v) is 6.34. The van der Waals surface area contributed by atoms with Crippen LogP contribution in [-0.2, 0) is 0 Å². The van der Waals surface area contributed by atoms with E-state index in [1.54, 1.807) is 24.3 Å². The van der Waals surface area contributed by atoms with Gasteiger partial charge in [0.25, 0.3) is 0 Å².